The number of nitrogens with one attached hydrogen (secondary N) is 1. The molecule has 0 spiro atoms. The van der Waals surface area contributed by atoms with Crippen molar-refractivity contribution >= 4 is 28.9 Å². The van der Waals surface area contributed by atoms with Crippen LogP contribution in [0.2, 0.25) is 0 Å². The number of anilines is 1. The first-order valence-electron chi connectivity index (χ1n) is 10.3. The molecule has 0 saturated carbocycles. The van der Waals surface area contributed by atoms with Crippen LogP contribution in [0.4, 0.5) is 10.6 Å². The molecule has 1 saturated heterocycles. The molecular weight excluding hydrogens is 426 g/mol. The van der Waals surface area contributed by atoms with Crippen molar-refractivity contribution in [2.45, 2.75) is 18.5 Å². The molecule has 4 N–H and O–H groups in total. The monoisotopic (exact) mass is 447 g/mol. The summed E-state index contributed by atoms with van der Waals surface area (Å²) in [6, 6.07) is 8.24. The lowest BCUT2D eigenvalue weighted by Crippen LogP contribution is -2.44. The summed E-state index contributed by atoms with van der Waals surface area (Å²) < 4.78 is 7.52. The maximum Gasteiger partial charge on any atom is 0.408 e. The minimum absolute atomic E-state index is 0.169. The fourth-order valence-electron chi connectivity index (χ4n) is 4.11. The summed E-state index contributed by atoms with van der Waals surface area (Å²) in [4.78, 5) is 33.6. The SMILES string of the molecule is CNC(=O)C1CC(n2cc(-c3cnc(N)c(-c4nc5ccccc5o4)c3)cn2)CN1C(=O)O. The second-order valence-electron chi connectivity index (χ2n) is 7.81. The Kier molecular flexibility index (Phi) is 4.93. The van der Waals surface area contributed by atoms with Gasteiger partial charge in [-0.05, 0) is 18.2 Å². The van der Waals surface area contributed by atoms with E-state index in [0.29, 0.717) is 29.3 Å². The number of likely N-dealkylation sites (tertiary alicyclic amines) is 1. The first kappa shape index (κ1) is 20.5. The summed E-state index contributed by atoms with van der Waals surface area (Å²) in [5.41, 5.74) is 9.56. The van der Waals surface area contributed by atoms with Crippen LogP contribution in [0, 0.1) is 0 Å². The van der Waals surface area contributed by atoms with Crippen molar-refractivity contribution in [1.82, 2.24) is 30.0 Å². The average molecular weight is 447 g/mol. The van der Waals surface area contributed by atoms with Crippen molar-refractivity contribution in [3.05, 3.63) is 48.9 Å². The van der Waals surface area contributed by atoms with Crippen LogP contribution in [0.15, 0.2) is 53.3 Å². The molecule has 4 heterocycles. The van der Waals surface area contributed by atoms with Crippen molar-refractivity contribution in [3.8, 4) is 22.6 Å². The Morgan fingerprint density at radius 2 is 2.06 bits per heavy atom. The fourth-order valence-corrected chi connectivity index (χ4v) is 4.11. The fraction of sp³-hybridized carbons (Fsp3) is 0.227. The van der Waals surface area contributed by atoms with E-state index >= 15 is 0 Å². The Morgan fingerprint density at radius 3 is 2.82 bits per heavy atom. The lowest BCUT2D eigenvalue weighted by molar-refractivity contribution is -0.124. The van der Waals surface area contributed by atoms with E-state index < -0.39 is 12.1 Å². The zero-order valence-corrected chi connectivity index (χ0v) is 17.7. The molecule has 168 valence electrons. The molecule has 5 rings (SSSR count). The minimum Gasteiger partial charge on any atom is -0.465 e. The van der Waals surface area contributed by atoms with E-state index in [4.69, 9.17) is 10.2 Å². The Labute approximate surface area is 187 Å². The number of nitrogens with two attached hydrogens (primary N) is 1. The molecule has 0 aliphatic carbocycles. The van der Waals surface area contributed by atoms with Crippen molar-refractivity contribution in [2.75, 3.05) is 19.3 Å². The van der Waals surface area contributed by atoms with Crippen molar-refractivity contribution in [1.29, 1.82) is 0 Å². The van der Waals surface area contributed by atoms with Gasteiger partial charge in [0, 0.05) is 43.5 Å². The molecule has 0 radical (unpaired) electrons. The maximum atomic E-state index is 12.1. The van der Waals surface area contributed by atoms with Crippen LogP contribution in [-0.4, -0.2) is 61.4 Å². The number of oxazole rings is 1. The first-order valence-corrected chi connectivity index (χ1v) is 10.3. The van der Waals surface area contributed by atoms with Gasteiger partial charge in [-0.3, -0.25) is 14.4 Å². The molecule has 2 atom stereocenters. The summed E-state index contributed by atoms with van der Waals surface area (Å²) >= 11 is 0. The highest BCUT2D eigenvalue weighted by Gasteiger charge is 2.40. The van der Waals surface area contributed by atoms with Gasteiger partial charge in [0.15, 0.2) is 5.58 Å². The first-order chi connectivity index (χ1) is 15.9. The number of nitrogen functional groups attached to an aromatic ring is 1. The van der Waals surface area contributed by atoms with Crippen LogP contribution >= 0.6 is 0 Å². The summed E-state index contributed by atoms with van der Waals surface area (Å²) in [5.74, 6) is 0.328. The normalized spacial score (nSPS) is 18.0. The highest BCUT2D eigenvalue weighted by atomic mass is 16.4. The molecule has 2 amide bonds. The van der Waals surface area contributed by atoms with Gasteiger partial charge in [0.2, 0.25) is 11.8 Å². The summed E-state index contributed by atoms with van der Waals surface area (Å²) in [5, 5.41) is 16.4. The molecule has 33 heavy (non-hydrogen) atoms. The number of amides is 2. The van der Waals surface area contributed by atoms with E-state index in [1.165, 1.54) is 7.05 Å². The van der Waals surface area contributed by atoms with Gasteiger partial charge in [-0.25, -0.2) is 14.8 Å². The van der Waals surface area contributed by atoms with Crippen LogP contribution in [0.5, 0.6) is 0 Å². The number of carbonyl (C=O) groups excluding carboxylic acids is 1. The van der Waals surface area contributed by atoms with Gasteiger partial charge < -0.3 is 20.6 Å². The number of nitrogens with zero attached hydrogens (tertiary/aromatic N) is 5. The number of likely N-dealkylation sites (N-methyl/N-ethyl adjacent to an activating group) is 1. The van der Waals surface area contributed by atoms with Gasteiger partial charge in [-0.15, -0.1) is 0 Å². The standard InChI is InChI=1S/C22H21N7O4/c1-24-20(30)17-7-14(11-28(17)22(31)32)29-10-13(9-26-29)12-6-15(19(23)25-8-12)21-27-16-4-2-3-5-18(16)33-21/h2-6,8-10,14,17H,7,11H2,1H3,(H2,23,25)(H,24,30)(H,31,32). The van der Waals surface area contributed by atoms with Crippen LogP contribution in [-0.2, 0) is 4.79 Å². The maximum absolute atomic E-state index is 12.1. The Hall–Kier alpha value is -4.41. The topological polar surface area (TPSA) is 152 Å². The zero-order chi connectivity index (χ0) is 23.1. The number of aromatic nitrogens is 4. The number of carbonyl (C=O) groups is 2. The highest BCUT2D eigenvalue weighted by molar-refractivity contribution is 5.85. The van der Waals surface area contributed by atoms with Crippen LogP contribution in [0.25, 0.3) is 33.7 Å². The molecule has 4 aromatic rings. The Morgan fingerprint density at radius 1 is 1.24 bits per heavy atom. The van der Waals surface area contributed by atoms with E-state index in [9.17, 15) is 14.7 Å². The summed E-state index contributed by atoms with van der Waals surface area (Å²) in [6.45, 7) is 0.169. The van der Waals surface area contributed by atoms with Crippen LogP contribution in [0.1, 0.15) is 12.5 Å². The van der Waals surface area contributed by atoms with E-state index in [1.807, 2.05) is 30.3 Å². The van der Waals surface area contributed by atoms with Gasteiger partial charge in [0.25, 0.3) is 0 Å². The number of fused-ring (bicyclic) bond motifs is 1. The number of hydrogen-bond donors (Lipinski definition) is 3. The average Bonchev–Trinajstić information content (AvgIpc) is 3.56. The number of hydrogen-bond acceptors (Lipinski definition) is 7. The van der Waals surface area contributed by atoms with Gasteiger partial charge in [0.1, 0.15) is 17.4 Å². The molecule has 11 heteroatoms. The molecule has 1 aromatic carbocycles. The minimum atomic E-state index is -1.14. The van der Waals surface area contributed by atoms with E-state index in [-0.39, 0.29) is 18.5 Å². The number of para-hydroxylation sites is 2. The van der Waals surface area contributed by atoms with Crippen molar-refractivity contribution < 1.29 is 19.1 Å². The van der Waals surface area contributed by atoms with Gasteiger partial charge >= 0.3 is 6.09 Å². The van der Waals surface area contributed by atoms with Crippen molar-refractivity contribution in [3.63, 3.8) is 0 Å². The molecule has 1 aliphatic heterocycles. The molecular formula is C22H21N7O4. The number of rotatable bonds is 4. The second kappa shape index (κ2) is 7.93. The molecule has 11 nitrogen and oxygen atoms in total. The predicted octanol–water partition coefficient (Wildman–Crippen LogP) is 2.37. The quantitative estimate of drug-likeness (QED) is 0.431. The predicted molar refractivity (Wildman–Crippen MR) is 119 cm³/mol. The molecule has 1 aliphatic rings. The van der Waals surface area contributed by atoms with Crippen LogP contribution < -0.4 is 11.1 Å². The third kappa shape index (κ3) is 3.63. The Balaban J connectivity index is 1.44. The Bertz CT molecular complexity index is 1330. The molecule has 2 unspecified atom stereocenters. The van der Waals surface area contributed by atoms with E-state index in [2.05, 4.69) is 20.4 Å². The third-order valence-corrected chi connectivity index (χ3v) is 5.83. The molecule has 3 aromatic heterocycles. The number of pyridine rings is 1. The van der Waals surface area contributed by atoms with Crippen LogP contribution in [0.3, 0.4) is 0 Å². The van der Waals surface area contributed by atoms with Gasteiger partial charge in [-0.1, -0.05) is 12.1 Å². The third-order valence-electron chi connectivity index (χ3n) is 5.83. The number of benzene rings is 1. The lowest BCUT2D eigenvalue weighted by Gasteiger charge is -2.19. The zero-order valence-electron chi connectivity index (χ0n) is 17.7. The lowest BCUT2D eigenvalue weighted by atomic mass is 10.1. The summed E-state index contributed by atoms with van der Waals surface area (Å²) in [7, 11) is 1.49. The number of carboxylic acid groups (broad SMARTS) is 1. The van der Waals surface area contributed by atoms with E-state index in [0.717, 1.165) is 21.5 Å². The largest absolute Gasteiger partial charge is 0.465 e. The second-order valence-corrected chi connectivity index (χ2v) is 7.81. The molecule has 0 bridgehead atoms. The molecule has 1 fully saturated rings. The smallest absolute Gasteiger partial charge is 0.408 e. The van der Waals surface area contributed by atoms with E-state index in [1.54, 1.807) is 23.3 Å². The highest BCUT2D eigenvalue weighted by Crippen LogP contribution is 2.33. The van der Waals surface area contributed by atoms with Gasteiger partial charge in [-0.2, -0.15) is 5.10 Å². The van der Waals surface area contributed by atoms with Crippen molar-refractivity contribution in [2.24, 2.45) is 0 Å². The van der Waals surface area contributed by atoms with Gasteiger partial charge in [0.05, 0.1) is 17.8 Å². The summed E-state index contributed by atoms with van der Waals surface area (Å²) in [6.07, 6.45) is 4.31.